The Labute approximate surface area is 123 Å². The highest BCUT2D eigenvalue weighted by molar-refractivity contribution is 6.32. The molecule has 8 heteroatoms. The molecule has 0 aliphatic heterocycles. The molecule has 0 fully saturated rings. The summed E-state index contributed by atoms with van der Waals surface area (Å²) in [6.45, 7) is -0.476. The number of alkyl halides is 3. The average Bonchev–Trinajstić information content (AvgIpc) is 2.42. The largest absolute Gasteiger partial charge is 0.452 e. The van der Waals surface area contributed by atoms with Crippen molar-refractivity contribution in [3.8, 4) is 0 Å². The van der Waals surface area contributed by atoms with Gasteiger partial charge in [-0.25, -0.2) is 4.79 Å². The third-order valence-electron chi connectivity index (χ3n) is 2.35. The van der Waals surface area contributed by atoms with Gasteiger partial charge in [0.2, 0.25) is 0 Å². The van der Waals surface area contributed by atoms with Crippen molar-refractivity contribution in [3.05, 3.63) is 40.4 Å². The molecule has 4 nitrogen and oxygen atoms in total. The zero-order chi connectivity index (χ0) is 16.0. The zero-order valence-corrected chi connectivity index (χ0v) is 11.6. The summed E-state index contributed by atoms with van der Waals surface area (Å²) in [5.41, 5.74) is -0.867. The molecule has 0 radical (unpaired) electrons. The molecule has 0 spiro atoms. The van der Waals surface area contributed by atoms with Crippen LogP contribution in [0.1, 0.15) is 11.1 Å². The first kappa shape index (κ1) is 17.0. The number of halogens is 4. The summed E-state index contributed by atoms with van der Waals surface area (Å²) >= 11 is 5.74. The van der Waals surface area contributed by atoms with E-state index in [9.17, 15) is 22.8 Å². The number of esters is 1. The number of benzene rings is 1. The van der Waals surface area contributed by atoms with Crippen molar-refractivity contribution in [1.82, 2.24) is 5.32 Å². The Morgan fingerprint density at radius 3 is 2.62 bits per heavy atom. The van der Waals surface area contributed by atoms with Gasteiger partial charge >= 0.3 is 12.1 Å². The van der Waals surface area contributed by atoms with E-state index in [1.807, 2.05) is 0 Å². The number of amides is 1. The molecule has 0 heterocycles. The van der Waals surface area contributed by atoms with Gasteiger partial charge in [0.1, 0.15) is 0 Å². The Balaban J connectivity index is 2.80. The average molecular weight is 322 g/mol. The monoisotopic (exact) mass is 321 g/mol. The van der Waals surface area contributed by atoms with Crippen molar-refractivity contribution in [1.29, 1.82) is 0 Å². The molecule has 0 aliphatic carbocycles. The number of carbonyl (C=O) groups is 2. The van der Waals surface area contributed by atoms with Crippen LogP contribution in [0.5, 0.6) is 0 Å². The second kappa shape index (κ2) is 7.12. The predicted molar refractivity (Wildman–Crippen MR) is 70.5 cm³/mol. The highest BCUT2D eigenvalue weighted by Gasteiger charge is 2.30. The summed E-state index contributed by atoms with van der Waals surface area (Å²) in [6.07, 6.45) is -2.53. The van der Waals surface area contributed by atoms with E-state index in [1.54, 1.807) is 0 Å². The lowest BCUT2D eigenvalue weighted by Crippen LogP contribution is -2.24. The molecule has 0 aromatic heterocycles. The van der Waals surface area contributed by atoms with E-state index in [1.165, 1.54) is 7.05 Å². The molecule has 1 rings (SSSR count). The molecule has 21 heavy (non-hydrogen) atoms. The van der Waals surface area contributed by atoms with E-state index in [-0.39, 0.29) is 10.6 Å². The smallest absolute Gasteiger partial charge is 0.416 e. The summed E-state index contributed by atoms with van der Waals surface area (Å²) in [6, 6.07) is 2.73. The van der Waals surface area contributed by atoms with Gasteiger partial charge in [-0.1, -0.05) is 11.6 Å². The van der Waals surface area contributed by atoms with E-state index in [0.717, 1.165) is 30.4 Å². The van der Waals surface area contributed by atoms with Crippen LogP contribution in [-0.4, -0.2) is 25.5 Å². The van der Waals surface area contributed by atoms with Crippen LogP contribution in [0.25, 0.3) is 6.08 Å². The fourth-order valence-electron chi connectivity index (χ4n) is 1.26. The number of hydrogen-bond acceptors (Lipinski definition) is 3. The molecule has 1 N–H and O–H groups in total. The molecule has 0 saturated heterocycles. The minimum Gasteiger partial charge on any atom is -0.452 e. The lowest BCUT2D eigenvalue weighted by atomic mass is 10.1. The predicted octanol–water partition coefficient (Wildman–Crippen LogP) is 2.66. The van der Waals surface area contributed by atoms with Crippen molar-refractivity contribution in [2.45, 2.75) is 6.18 Å². The molecule has 114 valence electrons. The minimum atomic E-state index is -4.51. The molecule has 0 aliphatic rings. The van der Waals surface area contributed by atoms with Gasteiger partial charge in [-0.3, -0.25) is 4.79 Å². The molecule has 0 saturated carbocycles. The number of ether oxygens (including phenoxy) is 1. The van der Waals surface area contributed by atoms with Gasteiger partial charge in [0, 0.05) is 18.1 Å². The lowest BCUT2D eigenvalue weighted by Gasteiger charge is -2.08. The topological polar surface area (TPSA) is 55.4 Å². The number of rotatable bonds is 4. The maximum atomic E-state index is 12.5. The molecular weight excluding hydrogens is 311 g/mol. The summed E-state index contributed by atoms with van der Waals surface area (Å²) in [5, 5.41) is 2.29. The number of nitrogens with one attached hydrogen (secondary N) is 1. The fraction of sp³-hybridized carbons (Fsp3) is 0.231. The molecule has 1 aromatic carbocycles. The van der Waals surface area contributed by atoms with Crippen LogP contribution in [0.4, 0.5) is 13.2 Å². The normalized spacial score (nSPS) is 11.5. The van der Waals surface area contributed by atoms with Crippen LogP contribution in [-0.2, 0) is 20.5 Å². The fourth-order valence-corrected chi connectivity index (χ4v) is 1.44. The first-order valence-electron chi connectivity index (χ1n) is 5.66. The van der Waals surface area contributed by atoms with Crippen molar-refractivity contribution in [2.24, 2.45) is 0 Å². The van der Waals surface area contributed by atoms with Crippen LogP contribution < -0.4 is 5.32 Å². The Morgan fingerprint density at radius 1 is 1.38 bits per heavy atom. The number of carbonyl (C=O) groups excluding carboxylic acids is 2. The van der Waals surface area contributed by atoms with E-state index in [0.29, 0.717) is 0 Å². The number of likely N-dealkylation sites (N-methyl/N-ethyl adjacent to an activating group) is 1. The SMILES string of the molecule is CNC(=O)COC(=O)/C=C/c1cc(C(F)(F)F)ccc1Cl. The van der Waals surface area contributed by atoms with E-state index in [2.05, 4.69) is 10.1 Å². The van der Waals surface area contributed by atoms with Gasteiger partial charge < -0.3 is 10.1 Å². The third-order valence-corrected chi connectivity index (χ3v) is 2.69. The van der Waals surface area contributed by atoms with E-state index >= 15 is 0 Å². The summed E-state index contributed by atoms with van der Waals surface area (Å²) in [5.74, 6) is -1.37. The highest BCUT2D eigenvalue weighted by atomic mass is 35.5. The Morgan fingerprint density at radius 2 is 2.05 bits per heavy atom. The third kappa shape index (κ3) is 5.47. The molecule has 0 unspecified atom stereocenters. The Hall–Kier alpha value is -2.02. The van der Waals surface area contributed by atoms with E-state index < -0.39 is 30.2 Å². The molecule has 1 aromatic rings. The first-order valence-corrected chi connectivity index (χ1v) is 6.04. The lowest BCUT2D eigenvalue weighted by molar-refractivity contribution is -0.143. The van der Waals surface area contributed by atoms with Crippen LogP contribution >= 0.6 is 11.6 Å². The van der Waals surface area contributed by atoms with Gasteiger partial charge in [0.25, 0.3) is 5.91 Å². The highest BCUT2D eigenvalue weighted by Crippen LogP contribution is 2.32. The first-order chi connectivity index (χ1) is 9.74. The van der Waals surface area contributed by atoms with Crippen LogP contribution in [0.3, 0.4) is 0 Å². The quantitative estimate of drug-likeness (QED) is 0.685. The summed E-state index contributed by atoms with van der Waals surface area (Å²) in [4.78, 5) is 22.1. The maximum absolute atomic E-state index is 12.5. The molecule has 0 bridgehead atoms. The molecular formula is C13H11ClF3NO3. The van der Waals surface area contributed by atoms with Crippen molar-refractivity contribution >= 4 is 29.6 Å². The molecule has 0 atom stereocenters. The van der Waals surface area contributed by atoms with Crippen molar-refractivity contribution in [2.75, 3.05) is 13.7 Å². The van der Waals surface area contributed by atoms with Crippen molar-refractivity contribution < 1.29 is 27.5 Å². The van der Waals surface area contributed by atoms with Gasteiger partial charge in [-0.05, 0) is 29.8 Å². The van der Waals surface area contributed by atoms with Gasteiger partial charge in [-0.15, -0.1) is 0 Å². The standard InChI is InChI=1S/C13H11ClF3NO3/c1-18-11(19)7-21-12(20)5-2-8-6-9(13(15,16)17)3-4-10(8)14/h2-6H,7H2,1H3,(H,18,19)/b5-2+. The summed E-state index contributed by atoms with van der Waals surface area (Å²) in [7, 11) is 1.37. The van der Waals surface area contributed by atoms with Gasteiger partial charge in [0.15, 0.2) is 6.61 Å². The maximum Gasteiger partial charge on any atom is 0.416 e. The van der Waals surface area contributed by atoms with Crippen molar-refractivity contribution in [3.63, 3.8) is 0 Å². The number of hydrogen-bond donors (Lipinski definition) is 1. The second-order valence-electron chi connectivity index (χ2n) is 3.85. The van der Waals surface area contributed by atoms with E-state index in [4.69, 9.17) is 11.6 Å². The van der Waals surface area contributed by atoms with Gasteiger partial charge in [0.05, 0.1) is 5.56 Å². The summed E-state index contributed by atoms with van der Waals surface area (Å²) < 4.78 is 42.2. The Bertz CT molecular complexity index is 570. The van der Waals surface area contributed by atoms with Gasteiger partial charge in [-0.2, -0.15) is 13.2 Å². The second-order valence-corrected chi connectivity index (χ2v) is 4.26. The van der Waals surface area contributed by atoms with Crippen LogP contribution in [0, 0.1) is 0 Å². The van der Waals surface area contributed by atoms with Crippen LogP contribution in [0.15, 0.2) is 24.3 Å². The zero-order valence-electron chi connectivity index (χ0n) is 10.8. The minimum absolute atomic E-state index is 0.0170. The van der Waals surface area contributed by atoms with Crippen LogP contribution in [0.2, 0.25) is 5.02 Å². The molecule has 1 amide bonds. The Kier molecular flexibility index (Phi) is 5.78.